The Morgan fingerprint density at radius 2 is 1.94 bits per heavy atom. The first-order valence-corrected chi connectivity index (χ1v) is 5.87. The molecular weight excluding hydrogens is 232 g/mol. The molecule has 0 radical (unpaired) electrons. The van der Waals surface area contributed by atoms with Crippen LogP contribution in [0.25, 0.3) is 0 Å². The van der Waals surface area contributed by atoms with Crippen molar-refractivity contribution in [2.24, 2.45) is 0 Å². The third-order valence-electron chi connectivity index (χ3n) is 2.61. The number of carbonyl (C=O) groups is 2. The molecule has 1 atom stereocenters. The Kier molecular flexibility index (Phi) is 5.17. The lowest BCUT2D eigenvalue weighted by atomic mass is 10.2. The number of nitrogens with zero attached hydrogens (tertiary/aromatic N) is 1. The lowest BCUT2D eigenvalue weighted by molar-refractivity contribution is -0.141. The monoisotopic (exact) mass is 250 g/mol. The molecule has 0 fully saturated rings. The van der Waals surface area contributed by atoms with Crippen LogP contribution in [0.1, 0.15) is 19.4 Å². The average molecular weight is 250 g/mol. The highest BCUT2D eigenvalue weighted by atomic mass is 16.4. The van der Waals surface area contributed by atoms with E-state index in [2.05, 4.69) is 5.32 Å². The molecular formula is C13H18N2O3. The first kappa shape index (κ1) is 14.0. The van der Waals surface area contributed by atoms with Crippen LogP contribution in [-0.2, 0) is 11.3 Å². The number of aliphatic carboxylic acids is 1. The van der Waals surface area contributed by atoms with Gasteiger partial charge in [0.15, 0.2) is 0 Å². The number of amides is 2. The highest BCUT2D eigenvalue weighted by Gasteiger charge is 2.25. The number of carbonyl (C=O) groups excluding carboxylic acids is 1. The fourth-order valence-corrected chi connectivity index (χ4v) is 1.55. The van der Waals surface area contributed by atoms with Crippen molar-refractivity contribution >= 4 is 12.0 Å². The van der Waals surface area contributed by atoms with Crippen LogP contribution in [0.5, 0.6) is 0 Å². The Hall–Kier alpha value is -2.04. The van der Waals surface area contributed by atoms with Crippen LogP contribution in [0, 0.1) is 0 Å². The largest absolute Gasteiger partial charge is 0.480 e. The van der Waals surface area contributed by atoms with Gasteiger partial charge in [0.25, 0.3) is 0 Å². The Morgan fingerprint density at radius 1 is 1.33 bits per heavy atom. The molecule has 1 unspecified atom stereocenters. The standard InChI is InChI=1S/C13H18N2O3/c1-3-14-13(18)15(10(2)12(16)17)9-11-7-5-4-6-8-11/h4-8,10H,3,9H2,1-2H3,(H,14,18)(H,16,17). The number of nitrogens with one attached hydrogen (secondary N) is 1. The summed E-state index contributed by atoms with van der Waals surface area (Å²) in [6.07, 6.45) is 0. The van der Waals surface area contributed by atoms with Gasteiger partial charge in [-0.2, -0.15) is 0 Å². The molecule has 0 aliphatic carbocycles. The van der Waals surface area contributed by atoms with Gasteiger partial charge in [0.2, 0.25) is 0 Å². The van der Waals surface area contributed by atoms with Crippen molar-refractivity contribution in [2.45, 2.75) is 26.4 Å². The van der Waals surface area contributed by atoms with Gasteiger partial charge in [0.05, 0.1) is 0 Å². The van der Waals surface area contributed by atoms with Crippen molar-refractivity contribution < 1.29 is 14.7 Å². The van der Waals surface area contributed by atoms with Crippen molar-refractivity contribution in [3.8, 4) is 0 Å². The van der Waals surface area contributed by atoms with Crippen LogP contribution in [0.4, 0.5) is 4.79 Å². The minimum atomic E-state index is -1.02. The molecule has 1 aromatic carbocycles. The topological polar surface area (TPSA) is 69.6 Å². The molecule has 0 heterocycles. The number of carboxylic acid groups (broad SMARTS) is 1. The molecule has 2 N–H and O–H groups in total. The molecule has 5 nitrogen and oxygen atoms in total. The van der Waals surface area contributed by atoms with E-state index in [1.165, 1.54) is 11.8 Å². The molecule has 0 aromatic heterocycles. The van der Waals surface area contributed by atoms with Gasteiger partial charge in [-0.3, -0.25) is 0 Å². The highest BCUT2D eigenvalue weighted by Crippen LogP contribution is 2.09. The lowest BCUT2D eigenvalue weighted by Gasteiger charge is -2.26. The maximum absolute atomic E-state index is 11.8. The van der Waals surface area contributed by atoms with Crippen molar-refractivity contribution in [1.29, 1.82) is 0 Å². The second-order valence-electron chi connectivity index (χ2n) is 3.96. The third kappa shape index (κ3) is 3.76. The van der Waals surface area contributed by atoms with E-state index in [-0.39, 0.29) is 12.6 Å². The maximum atomic E-state index is 11.8. The zero-order valence-corrected chi connectivity index (χ0v) is 10.6. The highest BCUT2D eigenvalue weighted by molar-refractivity contribution is 5.82. The summed E-state index contributed by atoms with van der Waals surface area (Å²) in [6, 6.07) is 8.09. The first-order chi connectivity index (χ1) is 8.56. The van der Waals surface area contributed by atoms with Gasteiger partial charge in [0, 0.05) is 13.1 Å². The molecule has 0 aliphatic heterocycles. The SMILES string of the molecule is CCNC(=O)N(Cc1ccccc1)C(C)C(=O)O. The average Bonchev–Trinajstić information content (AvgIpc) is 2.36. The Balaban J connectivity index is 2.84. The van der Waals surface area contributed by atoms with E-state index < -0.39 is 12.0 Å². The summed E-state index contributed by atoms with van der Waals surface area (Å²) in [7, 11) is 0. The van der Waals surface area contributed by atoms with E-state index in [0.29, 0.717) is 6.54 Å². The van der Waals surface area contributed by atoms with Crippen LogP contribution in [-0.4, -0.2) is 34.6 Å². The van der Waals surface area contributed by atoms with E-state index in [0.717, 1.165) is 5.56 Å². The van der Waals surface area contributed by atoms with Crippen LogP contribution in [0.15, 0.2) is 30.3 Å². The van der Waals surface area contributed by atoms with Gasteiger partial charge < -0.3 is 15.3 Å². The Bertz CT molecular complexity index is 406. The molecule has 18 heavy (non-hydrogen) atoms. The van der Waals surface area contributed by atoms with E-state index in [9.17, 15) is 9.59 Å². The predicted octanol–water partition coefficient (Wildman–Crippen LogP) is 1.69. The molecule has 1 aromatic rings. The summed E-state index contributed by atoms with van der Waals surface area (Å²) in [6.45, 7) is 4.04. The van der Waals surface area contributed by atoms with Gasteiger partial charge >= 0.3 is 12.0 Å². The summed E-state index contributed by atoms with van der Waals surface area (Å²) in [4.78, 5) is 24.2. The zero-order valence-electron chi connectivity index (χ0n) is 10.6. The Labute approximate surface area is 106 Å². The lowest BCUT2D eigenvalue weighted by Crippen LogP contribution is -2.47. The first-order valence-electron chi connectivity index (χ1n) is 5.87. The zero-order chi connectivity index (χ0) is 13.5. The third-order valence-corrected chi connectivity index (χ3v) is 2.61. The molecule has 98 valence electrons. The number of carboxylic acids is 1. The molecule has 5 heteroatoms. The molecule has 0 saturated heterocycles. The van der Waals surface area contributed by atoms with Crippen molar-refractivity contribution in [3.63, 3.8) is 0 Å². The van der Waals surface area contributed by atoms with E-state index >= 15 is 0 Å². The summed E-state index contributed by atoms with van der Waals surface area (Å²) < 4.78 is 0. The van der Waals surface area contributed by atoms with Crippen molar-refractivity contribution in [2.75, 3.05) is 6.54 Å². The molecule has 0 bridgehead atoms. The number of rotatable bonds is 5. The maximum Gasteiger partial charge on any atom is 0.326 e. The van der Waals surface area contributed by atoms with Gasteiger partial charge in [-0.1, -0.05) is 30.3 Å². The number of hydrogen-bond acceptors (Lipinski definition) is 2. The molecule has 2 amide bonds. The van der Waals surface area contributed by atoms with E-state index in [4.69, 9.17) is 5.11 Å². The smallest absolute Gasteiger partial charge is 0.326 e. The van der Waals surface area contributed by atoms with E-state index in [1.54, 1.807) is 6.92 Å². The van der Waals surface area contributed by atoms with Gasteiger partial charge in [-0.25, -0.2) is 9.59 Å². The predicted molar refractivity (Wildman–Crippen MR) is 68.2 cm³/mol. The number of urea groups is 1. The molecule has 1 rings (SSSR count). The van der Waals surface area contributed by atoms with Crippen LogP contribution < -0.4 is 5.32 Å². The van der Waals surface area contributed by atoms with Gasteiger partial charge in [-0.05, 0) is 19.4 Å². The number of benzene rings is 1. The molecule has 0 aliphatic rings. The normalized spacial score (nSPS) is 11.7. The minimum Gasteiger partial charge on any atom is -0.480 e. The van der Waals surface area contributed by atoms with Crippen LogP contribution in [0.2, 0.25) is 0 Å². The number of hydrogen-bond donors (Lipinski definition) is 2. The van der Waals surface area contributed by atoms with Gasteiger partial charge in [0.1, 0.15) is 6.04 Å². The van der Waals surface area contributed by atoms with Gasteiger partial charge in [-0.15, -0.1) is 0 Å². The summed E-state index contributed by atoms with van der Waals surface area (Å²) >= 11 is 0. The molecule has 0 saturated carbocycles. The summed E-state index contributed by atoms with van der Waals surface area (Å²) in [5.74, 6) is -1.02. The fourth-order valence-electron chi connectivity index (χ4n) is 1.55. The second kappa shape index (κ2) is 6.64. The quantitative estimate of drug-likeness (QED) is 0.835. The summed E-state index contributed by atoms with van der Waals surface area (Å²) in [5, 5.41) is 11.7. The van der Waals surface area contributed by atoms with E-state index in [1.807, 2.05) is 30.3 Å². The van der Waals surface area contributed by atoms with Crippen molar-refractivity contribution in [3.05, 3.63) is 35.9 Å². The van der Waals surface area contributed by atoms with Crippen molar-refractivity contribution in [1.82, 2.24) is 10.2 Å². The molecule has 0 spiro atoms. The Morgan fingerprint density at radius 3 is 2.44 bits per heavy atom. The second-order valence-corrected chi connectivity index (χ2v) is 3.96. The summed E-state index contributed by atoms with van der Waals surface area (Å²) in [5.41, 5.74) is 0.900. The fraction of sp³-hybridized carbons (Fsp3) is 0.385. The minimum absolute atomic E-state index is 0.278. The van der Waals surface area contributed by atoms with Crippen LogP contribution in [0.3, 0.4) is 0 Å². The van der Waals surface area contributed by atoms with Crippen LogP contribution >= 0.6 is 0 Å².